The molecule has 0 spiro atoms. The van der Waals surface area contributed by atoms with Crippen LogP contribution in [0.5, 0.6) is 5.75 Å². The number of alkyl halides is 3. The molecule has 2 N–H and O–H groups in total. The van der Waals surface area contributed by atoms with E-state index >= 15 is 0 Å². The highest BCUT2D eigenvalue weighted by Gasteiger charge is 2.31. The van der Waals surface area contributed by atoms with Gasteiger partial charge in [0.15, 0.2) is 0 Å². The molecular formula is C22H26F3N3O3. The van der Waals surface area contributed by atoms with E-state index in [0.29, 0.717) is 36.7 Å². The number of amides is 1. The number of rotatable bonds is 9. The van der Waals surface area contributed by atoms with Crippen LogP contribution in [0.3, 0.4) is 0 Å². The van der Waals surface area contributed by atoms with Gasteiger partial charge in [0, 0.05) is 49.3 Å². The standard InChI is InChI=1S/C22H26F3N3O3/c1-4-26-20-14-16(21(29)27-12-5-13-30-3)6-11-19(20)15(2)28-17-7-9-18(10-8-17)31-22(23,24)25/h6-11,14,28H,4-5,12-13H2,1-3H3,(H,27,29)/b19-15+,26-20-. The average Bonchev–Trinajstić information content (AvgIpc) is 2.71. The van der Waals surface area contributed by atoms with Crippen molar-refractivity contribution in [3.8, 4) is 5.75 Å². The van der Waals surface area contributed by atoms with Crippen molar-refractivity contribution >= 4 is 17.3 Å². The summed E-state index contributed by atoms with van der Waals surface area (Å²) in [4.78, 5) is 16.8. The zero-order valence-electron chi connectivity index (χ0n) is 17.7. The van der Waals surface area contributed by atoms with E-state index in [4.69, 9.17) is 4.74 Å². The van der Waals surface area contributed by atoms with Crippen LogP contribution in [0, 0.1) is 0 Å². The molecular weight excluding hydrogens is 411 g/mol. The first-order valence-electron chi connectivity index (χ1n) is 9.79. The maximum Gasteiger partial charge on any atom is 0.573 e. The Morgan fingerprint density at radius 3 is 2.48 bits per heavy atom. The molecule has 1 aliphatic rings. The minimum Gasteiger partial charge on any atom is -0.406 e. The lowest BCUT2D eigenvalue weighted by molar-refractivity contribution is -0.274. The van der Waals surface area contributed by atoms with E-state index in [1.54, 1.807) is 25.3 Å². The van der Waals surface area contributed by atoms with Crippen LogP contribution in [0.2, 0.25) is 0 Å². The molecule has 31 heavy (non-hydrogen) atoms. The van der Waals surface area contributed by atoms with Gasteiger partial charge >= 0.3 is 6.36 Å². The number of halogens is 3. The molecule has 0 saturated heterocycles. The second kappa shape index (κ2) is 11.4. The van der Waals surface area contributed by atoms with Gasteiger partial charge in [-0.15, -0.1) is 13.2 Å². The zero-order chi connectivity index (χ0) is 22.9. The lowest BCUT2D eigenvalue weighted by atomic mass is 9.97. The van der Waals surface area contributed by atoms with Gasteiger partial charge in [0.25, 0.3) is 5.91 Å². The molecule has 0 aliphatic heterocycles. The third kappa shape index (κ3) is 7.93. The molecule has 9 heteroatoms. The molecule has 1 aromatic rings. The lowest BCUT2D eigenvalue weighted by Gasteiger charge is -2.17. The van der Waals surface area contributed by atoms with Gasteiger partial charge in [-0.25, -0.2) is 0 Å². The Morgan fingerprint density at radius 2 is 1.87 bits per heavy atom. The number of carbonyl (C=O) groups excluding carboxylic acids is 1. The fourth-order valence-corrected chi connectivity index (χ4v) is 2.84. The molecule has 1 amide bonds. The fourth-order valence-electron chi connectivity index (χ4n) is 2.84. The van der Waals surface area contributed by atoms with Crippen molar-refractivity contribution in [3.63, 3.8) is 0 Å². The second-order valence-corrected chi connectivity index (χ2v) is 6.63. The van der Waals surface area contributed by atoms with E-state index in [1.807, 2.05) is 13.8 Å². The van der Waals surface area contributed by atoms with Crippen LogP contribution < -0.4 is 15.4 Å². The number of benzene rings is 1. The first kappa shape index (κ1) is 24.2. The summed E-state index contributed by atoms with van der Waals surface area (Å²) in [5.41, 5.74) is 3.26. The minimum absolute atomic E-state index is 0.193. The third-order valence-electron chi connectivity index (χ3n) is 4.22. The Kier molecular flexibility index (Phi) is 8.87. The van der Waals surface area contributed by atoms with E-state index in [-0.39, 0.29) is 11.7 Å². The summed E-state index contributed by atoms with van der Waals surface area (Å²) < 4.78 is 45.7. The summed E-state index contributed by atoms with van der Waals surface area (Å²) in [5.74, 6) is -0.487. The Balaban J connectivity index is 2.12. The molecule has 0 fully saturated rings. The highest BCUT2D eigenvalue weighted by atomic mass is 19.4. The quantitative estimate of drug-likeness (QED) is 0.563. The van der Waals surface area contributed by atoms with Crippen LogP contribution in [-0.2, 0) is 9.53 Å². The van der Waals surface area contributed by atoms with Crippen LogP contribution in [0.1, 0.15) is 20.3 Å². The number of aliphatic imine (C=N–C) groups is 1. The van der Waals surface area contributed by atoms with Gasteiger partial charge in [0.2, 0.25) is 0 Å². The first-order chi connectivity index (χ1) is 14.7. The number of methoxy groups -OCH3 is 1. The highest BCUT2D eigenvalue weighted by Crippen LogP contribution is 2.25. The fraction of sp³-hybridized carbons (Fsp3) is 0.364. The van der Waals surface area contributed by atoms with Gasteiger partial charge in [-0.2, -0.15) is 0 Å². The van der Waals surface area contributed by atoms with Crippen molar-refractivity contribution in [2.24, 2.45) is 4.99 Å². The summed E-state index contributed by atoms with van der Waals surface area (Å²) in [7, 11) is 1.61. The van der Waals surface area contributed by atoms with Crippen LogP contribution in [0.25, 0.3) is 0 Å². The Morgan fingerprint density at radius 1 is 1.16 bits per heavy atom. The van der Waals surface area contributed by atoms with Gasteiger partial charge in [-0.3, -0.25) is 9.79 Å². The number of allylic oxidation sites excluding steroid dienone is 4. The summed E-state index contributed by atoms with van der Waals surface area (Å²) in [6.45, 7) is 5.33. The molecule has 0 radical (unpaired) electrons. The average molecular weight is 437 g/mol. The zero-order valence-corrected chi connectivity index (χ0v) is 17.7. The maximum absolute atomic E-state index is 12.4. The topological polar surface area (TPSA) is 72.0 Å². The van der Waals surface area contributed by atoms with Crippen molar-refractivity contribution in [3.05, 3.63) is 59.3 Å². The number of anilines is 1. The molecule has 0 bridgehead atoms. The van der Waals surface area contributed by atoms with Gasteiger partial charge < -0.3 is 20.1 Å². The normalized spacial score (nSPS) is 16.7. The van der Waals surface area contributed by atoms with Crippen molar-refractivity contribution in [2.45, 2.75) is 26.6 Å². The highest BCUT2D eigenvalue weighted by molar-refractivity contribution is 6.17. The molecule has 0 saturated carbocycles. The Hall–Kier alpha value is -3.07. The summed E-state index contributed by atoms with van der Waals surface area (Å²) >= 11 is 0. The SMILES string of the molecule is CC/N=C1/C=C(C(=O)NCCCOC)C=C/C1=C(/C)Nc1ccc(OC(F)(F)F)cc1. The third-order valence-corrected chi connectivity index (χ3v) is 4.22. The molecule has 1 aromatic carbocycles. The largest absolute Gasteiger partial charge is 0.573 e. The predicted molar refractivity (Wildman–Crippen MR) is 114 cm³/mol. The van der Waals surface area contributed by atoms with E-state index < -0.39 is 6.36 Å². The number of hydrogen-bond donors (Lipinski definition) is 2. The van der Waals surface area contributed by atoms with Crippen LogP contribution >= 0.6 is 0 Å². The second-order valence-electron chi connectivity index (χ2n) is 6.63. The molecule has 0 heterocycles. The number of ether oxygens (including phenoxy) is 2. The number of hydrogen-bond acceptors (Lipinski definition) is 5. The molecule has 2 rings (SSSR count). The van der Waals surface area contributed by atoms with E-state index in [9.17, 15) is 18.0 Å². The van der Waals surface area contributed by atoms with Crippen LogP contribution in [0.4, 0.5) is 18.9 Å². The summed E-state index contributed by atoms with van der Waals surface area (Å²) in [6.07, 6.45) is 1.21. The predicted octanol–water partition coefficient (Wildman–Crippen LogP) is 4.38. The molecule has 0 unspecified atom stereocenters. The minimum atomic E-state index is -4.73. The smallest absolute Gasteiger partial charge is 0.406 e. The Labute approximate surface area is 179 Å². The maximum atomic E-state index is 12.4. The van der Waals surface area contributed by atoms with E-state index in [1.165, 1.54) is 24.3 Å². The van der Waals surface area contributed by atoms with Crippen LogP contribution in [-0.4, -0.2) is 44.8 Å². The van der Waals surface area contributed by atoms with Crippen molar-refractivity contribution < 1.29 is 27.4 Å². The van der Waals surface area contributed by atoms with Crippen molar-refractivity contribution in [2.75, 3.05) is 32.1 Å². The summed E-state index contributed by atoms with van der Waals surface area (Å²) in [5, 5.41) is 5.99. The van der Waals surface area contributed by atoms with E-state index in [2.05, 4.69) is 20.4 Å². The van der Waals surface area contributed by atoms with Gasteiger partial charge in [-0.05, 0) is 56.7 Å². The van der Waals surface area contributed by atoms with Gasteiger partial charge in [0.1, 0.15) is 5.75 Å². The summed E-state index contributed by atoms with van der Waals surface area (Å²) in [6, 6.07) is 5.45. The molecule has 1 aliphatic carbocycles. The molecule has 168 valence electrons. The Bertz CT molecular complexity index is 886. The van der Waals surface area contributed by atoms with Gasteiger partial charge in [-0.1, -0.05) is 6.08 Å². The number of nitrogens with one attached hydrogen (secondary N) is 2. The van der Waals surface area contributed by atoms with Gasteiger partial charge in [0.05, 0.1) is 5.71 Å². The first-order valence-corrected chi connectivity index (χ1v) is 9.79. The van der Waals surface area contributed by atoms with Crippen molar-refractivity contribution in [1.29, 1.82) is 0 Å². The molecule has 6 nitrogen and oxygen atoms in total. The lowest BCUT2D eigenvalue weighted by Crippen LogP contribution is -2.27. The van der Waals surface area contributed by atoms with Crippen LogP contribution in [0.15, 0.2) is 64.3 Å². The number of carbonyl (C=O) groups is 1. The van der Waals surface area contributed by atoms with E-state index in [0.717, 1.165) is 17.7 Å². The van der Waals surface area contributed by atoms with Crippen molar-refractivity contribution in [1.82, 2.24) is 5.32 Å². The number of nitrogens with zero attached hydrogens (tertiary/aromatic N) is 1. The molecule has 0 atom stereocenters. The monoisotopic (exact) mass is 437 g/mol. The molecule has 0 aromatic heterocycles.